The highest BCUT2D eigenvalue weighted by molar-refractivity contribution is 6.32. The zero-order valence-corrected chi connectivity index (χ0v) is 10.4. The molecular formula is C11H13ClF3NO. The van der Waals surface area contributed by atoms with E-state index in [0.717, 1.165) is 5.56 Å². The fourth-order valence-electron chi connectivity index (χ4n) is 1.24. The van der Waals surface area contributed by atoms with Crippen molar-refractivity contribution in [1.29, 1.82) is 0 Å². The highest BCUT2D eigenvalue weighted by Gasteiger charge is 2.32. The zero-order valence-electron chi connectivity index (χ0n) is 9.65. The quantitative estimate of drug-likeness (QED) is 0.902. The Morgan fingerprint density at radius 1 is 1.24 bits per heavy atom. The molecule has 1 aromatic rings. The van der Waals surface area contributed by atoms with E-state index >= 15 is 0 Å². The minimum atomic E-state index is -4.73. The second kappa shape index (κ2) is 4.74. The van der Waals surface area contributed by atoms with Gasteiger partial charge in [0.2, 0.25) is 0 Å². The van der Waals surface area contributed by atoms with Crippen LogP contribution in [0, 0.1) is 0 Å². The first-order valence-electron chi connectivity index (χ1n) is 4.90. The molecule has 0 aliphatic heterocycles. The molecule has 0 atom stereocenters. The monoisotopic (exact) mass is 267 g/mol. The van der Waals surface area contributed by atoms with Gasteiger partial charge in [-0.15, -0.1) is 13.2 Å². The van der Waals surface area contributed by atoms with Crippen LogP contribution in [0.5, 0.6) is 5.75 Å². The Kier molecular flexibility index (Phi) is 3.94. The lowest BCUT2D eigenvalue weighted by atomic mass is 9.94. The summed E-state index contributed by atoms with van der Waals surface area (Å²) in [5.74, 6) is -0.394. The van der Waals surface area contributed by atoms with Gasteiger partial charge in [-0.1, -0.05) is 17.7 Å². The van der Waals surface area contributed by atoms with Crippen molar-refractivity contribution in [1.82, 2.24) is 5.32 Å². The Labute approximate surface area is 103 Å². The van der Waals surface area contributed by atoms with E-state index in [0.29, 0.717) is 0 Å². The molecular weight excluding hydrogens is 255 g/mol. The van der Waals surface area contributed by atoms with Gasteiger partial charge in [-0.05, 0) is 38.6 Å². The van der Waals surface area contributed by atoms with Crippen molar-refractivity contribution in [2.24, 2.45) is 0 Å². The van der Waals surface area contributed by atoms with Gasteiger partial charge in [0.1, 0.15) is 5.75 Å². The Morgan fingerprint density at radius 2 is 1.82 bits per heavy atom. The van der Waals surface area contributed by atoms with E-state index in [-0.39, 0.29) is 10.6 Å². The Morgan fingerprint density at radius 3 is 2.24 bits per heavy atom. The van der Waals surface area contributed by atoms with Crippen molar-refractivity contribution in [3.8, 4) is 5.75 Å². The molecule has 1 N–H and O–H groups in total. The maximum Gasteiger partial charge on any atom is 0.573 e. The lowest BCUT2D eigenvalue weighted by Crippen LogP contribution is -2.33. The van der Waals surface area contributed by atoms with Crippen LogP contribution in [0.25, 0.3) is 0 Å². The molecule has 0 aliphatic carbocycles. The second-order valence-electron chi connectivity index (χ2n) is 4.07. The summed E-state index contributed by atoms with van der Waals surface area (Å²) in [6, 6.07) is 4.22. The number of nitrogens with one attached hydrogen (secondary N) is 1. The maximum absolute atomic E-state index is 12.0. The highest BCUT2D eigenvalue weighted by Crippen LogP contribution is 2.33. The molecule has 6 heteroatoms. The normalized spacial score (nSPS) is 12.6. The molecule has 0 spiro atoms. The molecule has 0 bridgehead atoms. The summed E-state index contributed by atoms with van der Waals surface area (Å²) >= 11 is 5.75. The SMILES string of the molecule is CNC(C)(C)c1ccc(OC(F)(F)F)c(Cl)c1. The number of ether oxygens (including phenoxy) is 1. The molecule has 0 radical (unpaired) electrons. The lowest BCUT2D eigenvalue weighted by Gasteiger charge is -2.25. The molecule has 0 saturated carbocycles. The molecule has 0 aromatic heterocycles. The molecule has 0 amide bonds. The Bertz CT molecular complexity index is 404. The van der Waals surface area contributed by atoms with Gasteiger partial charge in [-0.2, -0.15) is 0 Å². The van der Waals surface area contributed by atoms with Crippen LogP contribution in [0.1, 0.15) is 19.4 Å². The van der Waals surface area contributed by atoms with Gasteiger partial charge in [0, 0.05) is 5.54 Å². The minimum Gasteiger partial charge on any atom is -0.404 e. The summed E-state index contributed by atoms with van der Waals surface area (Å²) in [5, 5.41) is 2.96. The minimum absolute atomic E-state index is 0.0665. The van der Waals surface area contributed by atoms with Crippen LogP contribution in [0.3, 0.4) is 0 Å². The number of halogens is 4. The fourth-order valence-corrected chi connectivity index (χ4v) is 1.46. The van der Waals surface area contributed by atoms with Gasteiger partial charge < -0.3 is 10.1 Å². The molecule has 1 aromatic carbocycles. The van der Waals surface area contributed by atoms with E-state index in [1.165, 1.54) is 12.1 Å². The molecule has 0 saturated heterocycles. The first-order valence-corrected chi connectivity index (χ1v) is 5.28. The van der Waals surface area contributed by atoms with E-state index in [9.17, 15) is 13.2 Å². The summed E-state index contributed by atoms with van der Waals surface area (Å²) < 4.78 is 39.9. The van der Waals surface area contributed by atoms with Crippen LogP contribution in [0.2, 0.25) is 5.02 Å². The van der Waals surface area contributed by atoms with Gasteiger partial charge in [-0.3, -0.25) is 0 Å². The van der Waals surface area contributed by atoms with Crippen LogP contribution < -0.4 is 10.1 Å². The number of hydrogen-bond donors (Lipinski definition) is 1. The molecule has 17 heavy (non-hydrogen) atoms. The van der Waals surface area contributed by atoms with E-state index in [1.54, 1.807) is 13.1 Å². The molecule has 0 fully saturated rings. The van der Waals surface area contributed by atoms with Crippen molar-refractivity contribution >= 4 is 11.6 Å². The van der Waals surface area contributed by atoms with Crippen LogP contribution in [0.4, 0.5) is 13.2 Å². The number of alkyl halides is 3. The average Bonchev–Trinajstić information content (AvgIpc) is 2.19. The molecule has 0 heterocycles. The van der Waals surface area contributed by atoms with Crippen LogP contribution in [-0.2, 0) is 5.54 Å². The third-order valence-electron chi connectivity index (χ3n) is 2.50. The third kappa shape index (κ3) is 3.78. The van der Waals surface area contributed by atoms with Crippen molar-refractivity contribution in [3.63, 3.8) is 0 Å². The van der Waals surface area contributed by atoms with E-state index in [2.05, 4.69) is 10.1 Å². The largest absolute Gasteiger partial charge is 0.573 e. The summed E-state index contributed by atoms with van der Waals surface area (Å²) in [6.07, 6.45) is -4.73. The van der Waals surface area contributed by atoms with E-state index in [4.69, 9.17) is 11.6 Å². The molecule has 0 aliphatic rings. The number of hydrogen-bond acceptors (Lipinski definition) is 2. The van der Waals surface area contributed by atoms with Crippen LogP contribution >= 0.6 is 11.6 Å². The summed E-state index contributed by atoms with van der Waals surface area (Å²) in [4.78, 5) is 0. The fraction of sp³-hybridized carbons (Fsp3) is 0.455. The molecule has 0 unspecified atom stereocenters. The number of rotatable bonds is 3. The zero-order chi connectivity index (χ0) is 13.3. The third-order valence-corrected chi connectivity index (χ3v) is 2.80. The molecule has 96 valence electrons. The van der Waals surface area contributed by atoms with Gasteiger partial charge in [0.15, 0.2) is 0 Å². The van der Waals surface area contributed by atoms with Gasteiger partial charge in [-0.25, -0.2) is 0 Å². The van der Waals surface area contributed by atoms with Gasteiger partial charge in [0.25, 0.3) is 0 Å². The lowest BCUT2D eigenvalue weighted by molar-refractivity contribution is -0.274. The molecule has 2 nitrogen and oxygen atoms in total. The standard InChI is InChI=1S/C11H13ClF3NO/c1-10(2,16-3)7-4-5-9(8(12)6-7)17-11(13,14)15/h4-6,16H,1-3H3. The van der Waals surface area contributed by atoms with Crippen LogP contribution in [-0.4, -0.2) is 13.4 Å². The summed E-state index contributed by atoms with van der Waals surface area (Å²) in [6.45, 7) is 3.78. The van der Waals surface area contributed by atoms with Crippen LogP contribution in [0.15, 0.2) is 18.2 Å². The van der Waals surface area contributed by atoms with Crippen molar-refractivity contribution in [2.75, 3.05) is 7.05 Å². The average molecular weight is 268 g/mol. The predicted molar refractivity (Wildman–Crippen MR) is 60.2 cm³/mol. The number of benzene rings is 1. The van der Waals surface area contributed by atoms with Gasteiger partial charge in [0.05, 0.1) is 5.02 Å². The molecule has 1 rings (SSSR count). The predicted octanol–water partition coefficient (Wildman–Crippen LogP) is 3.69. The van der Waals surface area contributed by atoms with Crippen molar-refractivity contribution in [3.05, 3.63) is 28.8 Å². The van der Waals surface area contributed by atoms with E-state index in [1.807, 2.05) is 13.8 Å². The Balaban J connectivity index is 3.02. The smallest absolute Gasteiger partial charge is 0.404 e. The topological polar surface area (TPSA) is 21.3 Å². The maximum atomic E-state index is 12.0. The first-order chi connectivity index (χ1) is 7.65. The van der Waals surface area contributed by atoms with Gasteiger partial charge >= 0.3 is 6.36 Å². The Hall–Kier alpha value is -0.940. The summed E-state index contributed by atoms with van der Waals surface area (Å²) in [7, 11) is 1.76. The summed E-state index contributed by atoms with van der Waals surface area (Å²) in [5.41, 5.74) is 0.403. The van der Waals surface area contributed by atoms with Crippen molar-refractivity contribution in [2.45, 2.75) is 25.7 Å². The highest BCUT2D eigenvalue weighted by atomic mass is 35.5. The first kappa shape index (κ1) is 14.1. The van der Waals surface area contributed by atoms with Crippen molar-refractivity contribution < 1.29 is 17.9 Å². The van der Waals surface area contributed by atoms with E-state index < -0.39 is 12.1 Å². The second-order valence-corrected chi connectivity index (χ2v) is 4.48.